The number of carbonyl (C=O) groups is 2. The minimum atomic E-state index is -1.05. The zero-order valence-electron chi connectivity index (χ0n) is 12.0. The van der Waals surface area contributed by atoms with Crippen molar-refractivity contribution in [3.63, 3.8) is 0 Å². The van der Waals surface area contributed by atoms with Gasteiger partial charge >= 0.3 is 5.97 Å². The Labute approximate surface area is 135 Å². The number of ether oxygens (including phenoxy) is 2. The Morgan fingerprint density at radius 1 is 1.35 bits per heavy atom. The number of aromatic carboxylic acids is 1. The third-order valence-corrected chi connectivity index (χ3v) is 4.12. The molecule has 1 atom stereocenters. The number of nitrogens with zero attached hydrogens (tertiary/aromatic N) is 1. The van der Waals surface area contributed by atoms with Gasteiger partial charge in [0, 0.05) is 18.3 Å². The van der Waals surface area contributed by atoms with E-state index in [2.05, 4.69) is 10.3 Å². The fourth-order valence-electron chi connectivity index (χ4n) is 2.08. The second-order valence-electron chi connectivity index (χ2n) is 4.84. The zero-order valence-corrected chi connectivity index (χ0v) is 12.8. The van der Waals surface area contributed by atoms with E-state index < -0.39 is 12.1 Å². The summed E-state index contributed by atoms with van der Waals surface area (Å²) in [6, 6.07) is 7.18. The van der Waals surface area contributed by atoms with Crippen molar-refractivity contribution in [2.75, 3.05) is 13.2 Å². The van der Waals surface area contributed by atoms with E-state index in [4.69, 9.17) is 14.6 Å². The van der Waals surface area contributed by atoms with Crippen LogP contribution in [0.25, 0.3) is 0 Å². The van der Waals surface area contributed by atoms with Gasteiger partial charge < -0.3 is 19.9 Å². The Bertz CT molecular complexity index is 730. The highest BCUT2D eigenvalue weighted by molar-refractivity contribution is 7.09. The van der Waals surface area contributed by atoms with Gasteiger partial charge in [0.2, 0.25) is 6.10 Å². The SMILES string of the molecule is O=C(O)c1csc(CCNC(=O)C2COc3ccccc3O2)n1. The third-order valence-electron chi connectivity index (χ3n) is 3.21. The van der Waals surface area contributed by atoms with E-state index in [1.54, 1.807) is 12.1 Å². The van der Waals surface area contributed by atoms with Crippen LogP contribution in [0.3, 0.4) is 0 Å². The predicted molar refractivity (Wildman–Crippen MR) is 82.1 cm³/mol. The van der Waals surface area contributed by atoms with E-state index in [9.17, 15) is 9.59 Å². The van der Waals surface area contributed by atoms with Gasteiger partial charge in [0.05, 0.1) is 5.01 Å². The van der Waals surface area contributed by atoms with E-state index >= 15 is 0 Å². The molecule has 2 heterocycles. The highest BCUT2D eigenvalue weighted by atomic mass is 32.1. The largest absolute Gasteiger partial charge is 0.485 e. The van der Waals surface area contributed by atoms with Crippen LogP contribution in [0.2, 0.25) is 0 Å². The molecule has 8 heteroatoms. The fourth-order valence-corrected chi connectivity index (χ4v) is 2.85. The number of carboxylic acids is 1. The third kappa shape index (κ3) is 3.59. The molecule has 1 unspecified atom stereocenters. The number of carbonyl (C=O) groups excluding carboxylic acids is 1. The summed E-state index contributed by atoms with van der Waals surface area (Å²) in [6.45, 7) is 0.510. The van der Waals surface area contributed by atoms with Crippen LogP contribution in [0.5, 0.6) is 11.5 Å². The number of thiazole rings is 1. The molecule has 0 spiro atoms. The van der Waals surface area contributed by atoms with Gasteiger partial charge in [-0.1, -0.05) is 12.1 Å². The van der Waals surface area contributed by atoms with Gasteiger partial charge in [-0.25, -0.2) is 9.78 Å². The second-order valence-corrected chi connectivity index (χ2v) is 5.78. The molecule has 7 nitrogen and oxygen atoms in total. The first kappa shape index (κ1) is 15.3. The highest BCUT2D eigenvalue weighted by Crippen LogP contribution is 2.30. The van der Waals surface area contributed by atoms with Crippen molar-refractivity contribution in [3.05, 3.63) is 40.3 Å². The van der Waals surface area contributed by atoms with Crippen molar-refractivity contribution in [1.29, 1.82) is 0 Å². The van der Waals surface area contributed by atoms with Crippen LogP contribution in [0.1, 0.15) is 15.5 Å². The predicted octanol–water partition coefficient (Wildman–Crippen LogP) is 1.34. The summed E-state index contributed by atoms with van der Waals surface area (Å²) in [6.07, 6.45) is -0.232. The smallest absolute Gasteiger partial charge is 0.355 e. The van der Waals surface area contributed by atoms with Gasteiger partial charge in [0.1, 0.15) is 6.61 Å². The Balaban J connectivity index is 1.49. The molecule has 0 bridgehead atoms. The second kappa shape index (κ2) is 6.66. The fraction of sp³-hybridized carbons (Fsp3) is 0.267. The number of carboxylic acid groups (broad SMARTS) is 1. The van der Waals surface area contributed by atoms with Crippen LogP contribution in [0.15, 0.2) is 29.6 Å². The maximum atomic E-state index is 12.1. The monoisotopic (exact) mass is 334 g/mol. The molecule has 2 aromatic rings. The maximum Gasteiger partial charge on any atom is 0.355 e. The van der Waals surface area contributed by atoms with E-state index in [0.29, 0.717) is 29.5 Å². The first-order valence-electron chi connectivity index (χ1n) is 6.97. The molecule has 0 aliphatic carbocycles. The van der Waals surface area contributed by atoms with Crippen molar-refractivity contribution in [1.82, 2.24) is 10.3 Å². The molecular weight excluding hydrogens is 320 g/mol. The van der Waals surface area contributed by atoms with Gasteiger partial charge in [-0.2, -0.15) is 0 Å². The molecule has 1 amide bonds. The Hall–Kier alpha value is -2.61. The van der Waals surface area contributed by atoms with Gasteiger partial charge in [0.15, 0.2) is 17.2 Å². The molecule has 1 aliphatic rings. The highest BCUT2D eigenvalue weighted by Gasteiger charge is 2.26. The van der Waals surface area contributed by atoms with Crippen LogP contribution in [-0.2, 0) is 11.2 Å². The number of rotatable bonds is 5. The van der Waals surface area contributed by atoms with Crippen LogP contribution in [-0.4, -0.2) is 41.2 Å². The molecule has 1 aromatic carbocycles. The quantitative estimate of drug-likeness (QED) is 0.856. The van der Waals surface area contributed by atoms with E-state index in [-0.39, 0.29) is 18.2 Å². The number of para-hydroxylation sites is 2. The van der Waals surface area contributed by atoms with Crippen LogP contribution < -0.4 is 14.8 Å². The Morgan fingerprint density at radius 3 is 2.87 bits per heavy atom. The molecule has 1 aromatic heterocycles. The van der Waals surface area contributed by atoms with E-state index in [0.717, 1.165) is 0 Å². The molecule has 3 rings (SSSR count). The summed E-state index contributed by atoms with van der Waals surface area (Å²) in [5.41, 5.74) is 0.0250. The molecular formula is C15H14N2O5S. The number of nitrogens with one attached hydrogen (secondary N) is 1. The van der Waals surface area contributed by atoms with Gasteiger partial charge in [-0.05, 0) is 12.1 Å². The first-order chi connectivity index (χ1) is 11.1. The van der Waals surface area contributed by atoms with Crippen LogP contribution in [0.4, 0.5) is 0 Å². The van der Waals surface area contributed by atoms with E-state index in [1.165, 1.54) is 16.7 Å². The lowest BCUT2D eigenvalue weighted by Crippen LogP contribution is -2.44. The molecule has 2 N–H and O–H groups in total. The average Bonchev–Trinajstić information content (AvgIpc) is 3.03. The van der Waals surface area contributed by atoms with Gasteiger partial charge in [-0.15, -0.1) is 11.3 Å². The molecule has 0 fully saturated rings. The normalized spacial score (nSPS) is 15.9. The summed E-state index contributed by atoms with van der Waals surface area (Å²) in [4.78, 5) is 26.8. The molecule has 0 saturated carbocycles. The van der Waals surface area contributed by atoms with Crippen LogP contribution in [0, 0.1) is 0 Å². The number of aromatic nitrogens is 1. The summed E-state index contributed by atoms with van der Waals surface area (Å²) in [5, 5.41) is 13.7. The first-order valence-corrected chi connectivity index (χ1v) is 7.85. The van der Waals surface area contributed by atoms with Gasteiger partial charge in [0.25, 0.3) is 5.91 Å². The van der Waals surface area contributed by atoms with Crippen molar-refractivity contribution in [2.24, 2.45) is 0 Å². The summed E-state index contributed by atoms with van der Waals surface area (Å²) >= 11 is 1.26. The molecule has 0 radical (unpaired) electrons. The number of hydrogen-bond donors (Lipinski definition) is 2. The molecule has 0 saturated heterocycles. The summed E-state index contributed by atoms with van der Waals surface area (Å²) in [5.74, 6) is -0.150. The summed E-state index contributed by atoms with van der Waals surface area (Å²) < 4.78 is 11.1. The lowest BCUT2D eigenvalue weighted by atomic mass is 10.2. The Morgan fingerprint density at radius 2 is 2.13 bits per heavy atom. The summed E-state index contributed by atoms with van der Waals surface area (Å²) in [7, 11) is 0. The molecule has 1 aliphatic heterocycles. The average molecular weight is 334 g/mol. The number of hydrogen-bond acceptors (Lipinski definition) is 6. The van der Waals surface area contributed by atoms with Crippen molar-refractivity contribution in [3.8, 4) is 11.5 Å². The lowest BCUT2D eigenvalue weighted by Gasteiger charge is -2.25. The topological polar surface area (TPSA) is 97.8 Å². The minimum Gasteiger partial charge on any atom is -0.485 e. The van der Waals surface area contributed by atoms with Gasteiger partial charge in [-0.3, -0.25) is 4.79 Å². The number of benzene rings is 1. The van der Waals surface area contributed by atoms with Crippen molar-refractivity contribution in [2.45, 2.75) is 12.5 Å². The standard InChI is InChI=1S/C15H14N2O5S/c18-14(12-7-21-10-3-1-2-4-11(10)22-12)16-6-5-13-17-9(8-23-13)15(19)20/h1-4,8,12H,5-7H2,(H,16,18)(H,19,20). The van der Waals surface area contributed by atoms with E-state index in [1.807, 2.05) is 12.1 Å². The van der Waals surface area contributed by atoms with Crippen LogP contribution >= 0.6 is 11.3 Å². The van der Waals surface area contributed by atoms with Crippen molar-refractivity contribution < 1.29 is 24.2 Å². The molecule has 120 valence electrons. The number of fused-ring (bicyclic) bond motifs is 1. The number of amides is 1. The molecule has 23 heavy (non-hydrogen) atoms. The lowest BCUT2D eigenvalue weighted by molar-refractivity contribution is -0.130. The minimum absolute atomic E-state index is 0.0250. The zero-order chi connectivity index (χ0) is 16.2. The Kier molecular flexibility index (Phi) is 4.42. The maximum absolute atomic E-state index is 12.1. The van der Waals surface area contributed by atoms with Crippen molar-refractivity contribution >= 4 is 23.2 Å².